The Morgan fingerprint density at radius 1 is 1.18 bits per heavy atom. The highest BCUT2D eigenvalue weighted by molar-refractivity contribution is 9.10. The molecule has 1 aromatic carbocycles. The van der Waals surface area contributed by atoms with Crippen molar-refractivity contribution in [1.29, 1.82) is 0 Å². The zero-order valence-corrected chi connectivity index (χ0v) is 10.3. The van der Waals surface area contributed by atoms with E-state index in [0.717, 1.165) is 6.07 Å². The maximum Gasteiger partial charge on any atom is 0.433 e. The molecule has 2 rings (SSSR count). The molecule has 1 aromatic heterocycles. The van der Waals surface area contributed by atoms with Crippen molar-refractivity contribution in [3.63, 3.8) is 0 Å². The molecular formula is C10H3BrClF4N. The molecule has 0 aliphatic carbocycles. The van der Waals surface area contributed by atoms with Crippen molar-refractivity contribution in [2.75, 3.05) is 0 Å². The largest absolute Gasteiger partial charge is 0.433 e. The molecule has 0 aliphatic heterocycles. The molecule has 0 radical (unpaired) electrons. The molecule has 0 bridgehead atoms. The lowest BCUT2D eigenvalue weighted by Gasteiger charge is -2.09. The van der Waals surface area contributed by atoms with E-state index in [1.54, 1.807) is 0 Å². The number of hydrogen-bond acceptors (Lipinski definition) is 1. The molecule has 0 unspecified atom stereocenters. The Bertz CT molecular complexity index is 597. The van der Waals surface area contributed by atoms with E-state index in [0.29, 0.717) is 10.5 Å². The molecule has 2 aromatic rings. The van der Waals surface area contributed by atoms with Crippen molar-refractivity contribution in [3.05, 3.63) is 39.2 Å². The van der Waals surface area contributed by atoms with Gasteiger partial charge in [0.05, 0.1) is 5.02 Å². The van der Waals surface area contributed by atoms with Gasteiger partial charge in [0.15, 0.2) is 5.82 Å². The minimum atomic E-state index is -4.66. The Balaban J connectivity index is 2.83. The molecule has 0 N–H and O–H groups in total. The van der Waals surface area contributed by atoms with Crippen LogP contribution in [0.1, 0.15) is 5.69 Å². The molecule has 0 atom stereocenters. The van der Waals surface area contributed by atoms with Crippen molar-refractivity contribution in [3.8, 4) is 0 Å². The van der Waals surface area contributed by atoms with Crippen LogP contribution >= 0.6 is 27.5 Å². The number of aromatic nitrogens is 1. The molecule has 0 amide bonds. The first-order valence-corrected chi connectivity index (χ1v) is 5.48. The van der Waals surface area contributed by atoms with E-state index in [9.17, 15) is 17.6 Å². The summed E-state index contributed by atoms with van der Waals surface area (Å²) in [5, 5.41) is -0.0610. The highest BCUT2D eigenvalue weighted by Crippen LogP contribution is 2.34. The second-order valence-electron chi connectivity index (χ2n) is 3.27. The Kier molecular flexibility index (Phi) is 3.03. The minimum absolute atomic E-state index is 0.131. The zero-order valence-electron chi connectivity index (χ0n) is 7.95. The third-order valence-corrected chi connectivity index (χ3v) is 2.84. The van der Waals surface area contributed by atoms with Gasteiger partial charge in [0, 0.05) is 9.86 Å². The lowest BCUT2D eigenvalue weighted by molar-refractivity contribution is -0.140. The highest BCUT2D eigenvalue weighted by Gasteiger charge is 2.33. The number of pyridine rings is 1. The minimum Gasteiger partial charge on any atom is -0.240 e. The molecule has 0 saturated heterocycles. The van der Waals surface area contributed by atoms with Crippen LogP contribution in [0.15, 0.2) is 22.7 Å². The van der Waals surface area contributed by atoms with Crippen molar-refractivity contribution in [1.82, 2.24) is 4.98 Å². The van der Waals surface area contributed by atoms with Gasteiger partial charge in [-0.2, -0.15) is 13.2 Å². The van der Waals surface area contributed by atoms with Gasteiger partial charge in [0.25, 0.3) is 0 Å². The quantitative estimate of drug-likeness (QED) is 0.633. The van der Waals surface area contributed by atoms with Gasteiger partial charge in [-0.3, -0.25) is 0 Å². The summed E-state index contributed by atoms with van der Waals surface area (Å²) >= 11 is 8.71. The molecule has 0 fully saturated rings. The van der Waals surface area contributed by atoms with E-state index in [4.69, 9.17) is 11.6 Å². The summed E-state index contributed by atoms with van der Waals surface area (Å²) in [6.45, 7) is 0. The Morgan fingerprint density at radius 2 is 1.82 bits per heavy atom. The number of benzene rings is 1. The first-order chi connectivity index (χ1) is 7.79. The Hall–Kier alpha value is -0.880. The second kappa shape index (κ2) is 4.10. The average molecular weight is 328 g/mol. The van der Waals surface area contributed by atoms with Gasteiger partial charge in [-0.15, -0.1) is 0 Å². The van der Waals surface area contributed by atoms with Gasteiger partial charge in [0.2, 0.25) is 0 Å². The van der Waals surface area contributed by atoms with Gasteiger partial charge in [-0.05, 0) is 18.2 Å². The molecule has 17 heavy (non-hydrogen) atoms. The monoisotopic (exact) mass is 327 g/mol. The van der Waals surface area contributed by atoms with Crippen molar-refractivity contribution >= 4 is 38.4 Å². The van der Waals surface area contributed by atoms with Crippen LogP contribution in [0.2, 0.25) is 5.02 Å². The lowest BCUT2D eigenvalue weighted by Crippen LogP contribution is -2.08. The fourth-order valence-electron chi connectivity index (χ4n) is 1.36. The number of halogens is 6. The number of alkyl halides is 3. The lowest BCUT2D eigenvalue weighted by atomic mass is 10.2. The standard InChI is InChI=1S/C10H3BrClF4N/c11-4-1-5-6(12)3-8(10(14,15)16)17-9(5)7(13)2-4/h1-3H. The summed E-state index contributed by atoms with van der Waals surface area (Å²) < 4.78 is 51.2. The third-order valence-electron chi connectivity index (χ3n) is 2.07. The zero-order chi connectivity index (χ0) is 12.8. The van der Waals surface area contributed by atoms with Gasteiger partial charge >= 0.3 is 6.18 Å². The smallest absolute Gasteiger partial charge is 0.240 e. The van der Waals surface area contributed by atoms with Crippen LogP contribution in [0.3, 0.4) is 0 Å². The number of rotatable bonds is 0. The summed E-state index contributed by atoms with van der Waals surface area (Å²) in [5.41, 5.74) is -1.61. The molecule has 90 valence electrons. The van der Waals surface area contributed by atoms with Gasteiger partial charge in [-0.25, -0.2) is 9.37 Å². The highest BCUT2D eigenvalue weighted by atomic mass is 79.9. The van der Waals surface area contributed by atoms with Crippen molar-refractivity contribution in [2.24, 2.45) is 0 Å². The Labute approximate surface area is 107 Å². The molecule has 7 heteroatoms. The van der Waals surface area contributed by atoms with Crippen LogP contribution in [-0.2, 0) is 6.18 Å². The van der Waals surface area contributed by atoms with E-state index < -0.39 is 23.2 Å². The fraction of sp³-hybridized carbons (Fsp3) is 0.100. The normalized spacial score (nSPS) is 12.1. The average Bonchev–Trinajstić information content (AvgIpc) is 2.17. The second-order valence-corrected chi connectivity index (χ2v) is 4.59. The maximum atomic E-state index is 13.5. The number of hydrogen-bond donors (Lipinski definition) is 0. The van der Waals surface area contributed by atoms with Crippen LogP contribution in [-0.4, -0.2) is 4.98 Å². The summed E-state index contributed by atoms with van der Waals surface area (Å²) in [6, 6.07) is 3.12. The SMILES string of the molecule is Fc1cc(Br)cc2c(Cl)cc(C(F)(F)F)nc12. The predicted molar refractivity (Wildman–Crippen MR) is 59.4 cm³/mol. The fourth-order valence-corrected chi connectivity index (χ4v) is 2.03. The summed E-state index contributed by atoms with van der Waals surface area (Å²) in [5.74, 6) is -0.859. The van der Waals surface area contributed by atoms with E-state index in [1.807, 2.05) is 0 Å². The first-order valence-electron chi connectivity index (χ1n) is 4.31. The first kappa shape index (κ1) is 12.6. The van der Waals surface area contributed by atoms with Crippen LogP contribution in [0.5, 0.6) is 0 Å². The van der Waals surface area contributed by atoms with Gasteiger partial charge in [-0.1, -0.05) is 27.5 Å². The number of fused-ring (bicyclic) bond motifs is 1. The molecule has 0 saturated carbocycles. The van der Waals surface area contributed by atoms with E-state index >= 15 is 0 Å². The predicted octanol–water partition coefficient (Wildman–Crippen LogP) is 4.81. The Morgan fingerprint density at radius 3 is 2.41 bits per heavy atom. The van der Waals surface area contributed by atoms with Crippen LogP contribution in [0.4, 0.5) is 17.6 Å². The molecule has 0 spiro atoms. The van der Waals surface area contributed by atoms with Gasteiger partial charge in [0.1, 0.15) is 11.2 Å². The van der Waals surface area contributed by atoms with Crippen LogP contribution < -0.4 is 0 Å². The van der Waals surface area contributed by atoms with Crippen LogP contribution in [0, 0.1) is 5.82 Å². The van der Waals surface area contributed by atoms with E-state index in [-0.39, 0.29) is 10.4 Å². The summed E-state index contributed by atoms with van der Waals surface area (Å²) in [7, 11) is 0. The molecule has 1 heterocycles. The molecule has 1 nitrogen and oxygen atoms in total. The summed E-state index contributed by atoms with van der Waals surface area (Å²) in [6.07, 6.45) is -4.66. The molecular weight excluding hydrogens is 325 g/mol. The summed E-state index contributed by atoms with van der Waals surface area (Å²) in [4.78, 5) is 3.24. The van der Waals surface area contributed by atoms with Crippen molar-refractivity contribution < 1.29 is 17.6 Å². The van der Waals surface area contributed by atoms with Crippen molar-refractivity contribution in [2.45, 2.75) is 6.18 Å². The van der Waals surface area contributed by atoms with Crippen LogP contribution in [0.25, 0.3) is 10.9 Å². The third kappa shape index (κ3) is 2.37. The van der Waals surface area contributed by atoms with E-state index in [2.05, 4.69) is 20.9 Å². The topological polar surface area (TPSA) is 12.9 Å². The number of nitrogens with zero attached hydrogens (tertiary/aromatic N) is 1. The maximum absolute atomic E-state index is 13.5. The molecule has 0 aliphatic rings. The van der Waals surface area contributed by atoms with E-state index in [1.165, 1.54) is 6.07 Å². The van der Waals surface area contributed by atoms with Gasteiger partial charge < -0.3 is 0 Å².